The Hall–Kier alpha value is -1.29. The molecule has 94 valence electrons. The molecule has 0 unspecified atom stereocenters. The first-order valence-corrected chi connectivity index (χ1v) is 6.41. The lowest BCUT2D eigenvalue weighted by Gasteiger charge is -2.22. The summed E-state index contributed by atoms with van der Waals surface area (Å²) in [6.07, 6.45) is 8.64. The van der Waals surface area contributed by atoms with E-state index < -0.39 is 0 Å². The summed E-state index contributed by atoms with van der Waals surface area (Å²) in [6.45, 7) is 1.58. The van der Waals surface area contributed by atoms with Crippen LogP contribution in [0, 0.1) is 0 Å². The van der Waals surface area contributed by atoms with Gasteiger partial charge in [0.15, 0.2) is 0 Å². The second-order valence-electron chi connectivity index (χ2n) is 4.53. The molecule has 0 spiro atoms. The number of nitrogens with two attached hydrogens (primary N) is 1. The number of pyridine rings is 1. The molecular weight excluding hydrogens is 214 g/mol. The molecule has 1 saturated carbocycles. The standard InChI is InChI=1S/C13H21N3O/c14-13-10-11(6-7-16-13)15-8-9-17-12-4-2-1-3-5-12/h6-7,10,12H,1-5,8-9H2,(H3,14,15,16). The van der Waals surface area contributed by atoms with Gasteiger partial charge in [0.2, 0.25) is 0 Å². The Kier molecular flexibility index (Phi) is 4.62. The van der Waals surface area contributed by atoms with Crippen LogP contribution in [0.4, 0.5) is 11.5 Å². The van der Waals surface area contributed by atoms with Gasteiger partial charge in [0.25, 0.3) is 0 Å². The first kappa shape index (κ1) is 12.2. The van der Waals surface area contributed by atoms with E-state index in [1.54, 1.807) is 6.20 Å². The maximum absolute atomic E-state index is 5.83. The van der Waals surface area contributed by atoms with Crippen LogP contribution in [0.25, 0.3) is 0 Å². The van der Waals surface area contributed by atoms with Crippen LogP contribution in [0.2, 0.25) is 0 Å². The molecular formula is C13H21N3O. The SMILES string of the molecule is Nc1cc(NCCOC2CCCCC2)ccn1. The molecule has 17 heavy (non-hydrogen) atoms. The van der Waals surface area contributed by atoms with Crippen molar-refractivity contribution in [1.29, 1.82) is 0 Å². The van der Waals surface area contributed by atoms with E-state index in [0.717, 1.165) is 18.8 Å². The Morgan fingerprint density at radius 2 is 2.18 bits per heavy atom. The zero-order chi connectivity index (χ0) is 11.9. The van der Waals surface area contributed by atoms with Gasteiger partial charge >= 0.3 is 0 Å². The summed E-state index contributed by atoms with van der Waals surface area (Å²) in [5, 5.41) is 3.28. The van der Waals surface area contributed by atoms with Gasteiger partial charge in [-0.3, -0.25) is 0 Å². The molecule has 0 amide bonds. The number of anilines is 2. The fraction of sp³-hybridized carbons (Fsp3) is 0.615. The monoisotopic (exact) mass is 235 g/mol. The lowest BCUT2D eigenvalue weighted by atomic mass is 9.98. The van der Waals surface area contributed by atoms with Gasteiger partial charge in [0, 0.05) is 24.5 Å². The molecule has 0 aromatic carbocycles. The Balaban J connectivity index is 1.62. The molecule has 1 aromatic heterocycles. The quantitative estimate of drug-likeness (QED) is 0.769. The molecule has 1 fully saturated rings. The van der Waals surface area contributed by atoms with Gasteiger partial charge in [0.05, 0.1) is 12.7 Å². The summed E-state index contributed by atoms with van der Waals surface area (Å²) < 4.78 is 5.83. The number of nitrogens with one attached hydrogen (secondary N) is 1. The number of aromatic nitrogens is 1. The third-order valence-electron chi connectivity index (χ3n) is 3.12. The predicted octanol–water partition coefficient (Wildman–Crippen LogP) is 2.43. The summed E-state index contributed by atoms with van der Waals surface area (Å²) >= 11 is 0. The van der Waals surface area contributed by atoms with Crippen LogP contribution in [-0.4, -0.2) is 24.2 Å². The minimum atomic E-state index is 0.480. The van der Waals surface area contributed by atoms with Gasteiger partial charge in [-0.2, -0.15) is 0 Å². The topological polar surface area (TPSA) is 60.2 Å². The number of ether oxygens (including phenoxy) is 1. The molecule has 4 heteroatoms. The van der Waals surface area contributed by atoms with Crippen molar-refractivity contribution in [3.63, 3.8) is 0 Å². The van der Waals surface area contributed by atoms with E-state index in [1.807, 2.05) is 12.1 Å². The molecule has 1 aromatic rings. The molecule has 1 heterocycles. The van der Waals surface area contributed by atoms with Gasteiger partial charge < -0.3 is 15.8 Å². The molecule has 0 bridgehead atoms. The van der Waals surface area contributed by atoms with E-state index in [1.165, 1.54) is 32.1 Å². The summed E-state index contributed by atoms with van der Waals surface area (Å²) in [6, 6.07) is 3.75. The Morgan fingerprint density at radius 1 is 1.35 bits per heavy atom. The van der Waals surface area contributed by atoms with E-state index in [-0.39, 0.29) is 0 Å². The van der Waals surface area contributed by atoms with Crippen LogP contribution in [0.5, 0.6) is 0 Å². The first-order chi connectivity index (χ1) is 8.34. The van der Waals surface area contributed by atoms with Crippen molar-refractivity contribution in [2.45, 2.75) is 38.2 Å². The number of hydrogen-bond acceptors (Lipinski definition) is 4. The average Bonchev–Trinajstić information content (AvgIpc) is 2.36. The highest BCUT2D eigenvalue weighted by Gasteiger charge is 2.12. The maximum Gasteiger partial charge on any atom is 0.125 e. The van der Waals surface area contributed by atoms with Crippen LogP contribution >= 0.6 is 0 Å². The van der Waals surface area contributed by atoms with Gasteiger partial charge in [-0.25, -0.2) is 4.98 Å². The maximum atomic E-state index is 5.83. The fourth-order valence-electron chi connectivity index (χ4n) is 2.21. The molecule has 0 radical (unpaired) electrons. The zero-order valence-corrected chi connectivity index (χ0v) is 10.2. The van der Waals surface area contributed by atoms with Crippen molar-refractivity contribution in [1.82, 2.24) is 4.98 Å². The third-order valence-corrected chi connectivity index (χ3v) is 3.12. The second-order valence-corrected chi connectivity index (χ2v) is 4.53. The first-order valence-electron chi connectivity index (χ1n) is 6.41. The van der Waals surface area contributed by atoms with Crippen LogP contribution < -0.4 is 11.1 Å². The molecule has 0 atom stereocenters. The predicted molar refractivity (Wildman–Crippen MR) is 70.0 cm³/mol. The zero-order valence-electron chi connectivity index (χ0n) is 10.2. The number of rotatable bonds is 5. The van der Waals surface area contributed by atoms with E-state index in [0.29, 0.717) is 11.9 Å². The lowest BCUT2D eigenvalue weighted by molar-refractivity contribution is 0.0347. The smallest absolute Gasteiger partial charge is 0.125 e. The van der Waals surface area contributed by atoms with E-state index in [2.05, 4.69) is 10.3 Å². The summed E-state index contributed by atoms with van der Waals surface area (Å²) in [7, 11) is 0. The third kappa shape index (κ3) is 4.23. The Labute approximate surface area is 103 Å². The van der Waals surface area contributed by atoms with Crippen molar-refractivity contribution < 1.29 is 4.74 Å². The van der Waals surface area contributed by atoms with Crippen LogP contribution in [0.1, 0.15) is 32.1 Å². The fourth-order valence-corrected chi connectivity index (χ4v) is 2.21. The van der Waals surface area contributed by atoms with Gasteiger partial charge in [-0.1, -0.05) is 19.3 Å². The van der Waals surface area contributed by atoms with Crippen molar-refractivity contribution in [3.8, 4) is 0 Å². The normalized spacial score (nSPS) is 16.9. The van der Waals surface area contributed by atoms with Crippen molar-refractivity contribution in [2.75, 3.05) is 24.2 Å². The minimum absolute atomic E-state index is 0.480. The van der Waals surface area contributed by atoms with Gasteiger partial charge in [0.1, 0.15) is 5.82 Å². The Bertz CT molecular complexity index is 337. The summed E-state index contributed by atoms with van der Waals surface area (Å²) in [4.78, 5) is 3.95. The highest BCUT2D eigenvalue weighted by atomic mass is 16.5. The van der Waals surface area contributed by atoms with Crippen LogP contribution in [0.3, 0.4) is 0 Å². The number of nitrogen functional groups attached to an aromatic ring is 1. The highest BCUT2D eigenvalue weighted by molar-refractivity contribution is 5.49. The summed E-state index contributed by atoms with van der Waals surface area (Å²) in [5.74, 6) is 0.545. The van der Waals surface area contributed by atoms with E-state index in [4.69, 9.17) is 10.5 Å². The highest BCUT2D eigenvalue weighted by Crippen LogP contribution is 2.20. The van der Waals surface area contributed by atoms with Gasteiger partial charge in [-0.05, 0) is 18.9 Å². The molecule has 1 aliphatic carbocycles. The molecule has 3 N–H and O–H groups in total. The minimum Gasteiger partial charge on any atom is -0.384 e. The molecule has 0 aliphatic heterocycles. The van der Waals surface area contributed by atoms with Gasteiger partial charge in [-0.15, -0.1) is 0 Å². The molecule has 4 nitrogen and oxygen atoms in total. The van der Waals surface area contributed by atoms with E-state index in [9.17, 15) is 0 Å². The van der Waals surface area contributed by atoms with Crippen molar-refractivity contribution >= 4 is 11.5 Å². The number of nitrogens with zero attached hydrogens (tertiary/aromatic N) is 1. The lowest BCUT2D eigenvalue weighted by Crippen LogP contribution is -2.20. The van der Waals surface area contributed by atoms with Crippen molar-refractivity contribution in [2.24, 2.45) is 0 Å². The molecule has 1 aliphatic rings. The second kappa shape index (κ2) is 6.45. The Morgan fingerprint density at radius 3 is 2.94 bits per heavy atom. The van der Waals surface area contributed by atoms with E-state index >= 15 is 0 Å². The summed E-state index contributed by atoms with van der Waals surface area (Å²) in [5.41, 5.74) is 6.60. The largest absolute Gasteiger partial charge is 0.384 e. The van der Waals surface area contributed by atoms with Crippen molar-refractivity contribution in [3.05, 3.63) is 18.3 Å². The van der Waals surface area contributed by atoms with Crippen LogP contribution in [0.15, 0.2) is 18.3 Å². The molecule has 0 saturated heterocycles. The van der Waals surface area contributed by atoms with Crippen LogP contribution in [-0.2, 0) is 4.74 Å². The average molecular weight is 235 g/mol. The molecule has 2 rings (SSSR count). The number of hydrogen-bond donors (Lipinski definition) is 2.